The van der Waals surface area contributed by atoms with Crippen molar-refractivity contribution in [1.29, 1.82) is 0 Å². The van der Waals surface area contributed by atoms with Gasteiger partial charge in [-0.15, -0.1) is 11.3 Å². The van der Waals surface area contributed by atoms with Gasteiger partial charge in [0.15, 0.2) is 5.82 Å². The Hall–Kier alpha value is -2.78. The van der Waals surface area contributed by atoms with Gasteiger partial charge in [-0.25, -0.2) is 9.18 Å². The van der Waals surface area contributed by atoms with Crippen LogP contribution in [0.5, 0.6) is 0 Å². The van der Waals surface area contributed by atoms with Crippen molar-refractivity contribution in [2.24, 2.45) is 0 Å². The van der Waals surface area contributed by atoms with Crippen LogP contribution in [0.15, 0.2) is 28.8 Å². The highest BCUT2D eigenvalue weighted by Crippen LogP contribution is 2.42. The van der Waals surface area contributed by atoms with Gasteiger partial charge in [0, 0.05) is 11.4 Å². The summed E-state index contributed by atoms with van der Waals surface area (Å²) in [6.45, 7) is 3.14. The third-order valence-corrected chi connectivity index (χ3v) is 5.28. The van der Waals surface area contributed by atoms with Crippen molar-refractivity contribution >= 4 is 22.4 Å². The summed E-state index contributed by atoms with van der Waals surface area (Å²) in [5, 5.41) is 10.1. The van der Waals surface area contributed by atoms with Gasteiger partial charge in [0.2, 0.25) is 0 Å². The molecule has 9 heteroatoms. The molecule has 0 aliphatic carbocycles. The van der Waals surface area contributed by atoms with Crippen LogP contribution in [0.2, 0.25) is 0 Å². The van der Waals surface area contributed by atoms with E-state index in [9.17, 15) is 9.18 Å². The summed E-state index contributed by atoms with van der Waals surface area (Å²) in [5.41, 5.74) is 2.64. The first kappa shape index (κ1) is 17.6. The van der Waals surface area contributed by atoms with Gasteiger partial charge in [-0.05, 0) is 36.6 Å². The van der Waals surface area contributed by atoms with E-state index < -0.39 is 0 Å². The maximum Gasteiger partial charge on any atom is 0.320 e. The number of aromatic nitrogens is 2. The van der Waals surface area contributed by atoms with Crippen LogP contribution in [0.1, 0.15) is 21.8 Å². The Morgan fingerprint density at radius 1 is 1.33 bits per heavy atom. The maximum absolute atomic E-state index is 13.0. The predicted octanol–water partition coefficient (Wildman–Crippen LogP) is 3.64. The number of fused-ring (bicyclic) bond motifs is 1. The molecule has 1 aliphatic rings. The number of thiophene rings is 1. The van der Waals surface area contributed by atoms with E-state index in [4.69, 9.17) is 9.26 Å². The first-order chi connectivity index (χ1) is 13.1. The van der Waals surface area contributed by atoms with Crippen molar-refractivity contribution in [2.75, 3.05) is 11.9 Å². The number of urea groups is 1. The SMILES string of the molecule is Cc1noc(-c2c(NC(=O)NCc3ccc(F)cc3)sc3c2CCOC3)n1. The summed E-state index contributed by atoms with van der Waals surface area (Å²) in [7, 11) is 0. The highest BCUT2D eigenvalue weighted by Gasteiger charge is 2.26. The highest BCUT2D eigenvalue weighted by molar-refractivity contribution is 7.17. The molecule has 0 radical (unpaired) electrons. The van der Waals surface area contributed by atoms with Crippen LogP contribution in [0.25, 0.3) is 11.5 Å². The Bertz CT molecular complexity index is 968. The summed E-state index contributed by atoms with van der Waals surface area (Å²) in [6.07, 6.45) is 0.724. The van der Waals surface area contributed by atoms with E-state index in [-0.39, 0.29) is 18.4 Å². The van der Waals surface area contributed by atoms with Crippen molar-refractivity contribution in [3.63, 3.8) is 0 Å². The third-order valence-electron chi connectivity index (χ3n) is 4.16. The summed E-state index contributed by atoms with van der Waals surface area (Å²) < 4.78 is 23.8. The number of hydrogen-bond acceptors (Lipinski definition) is 6. The lowest BCUT2D eigenvalue weighted by molar-refractivity contribution is 0.113. The second kappa shape index (κ2) is 7.45. The van der Waals surface area contributed by atoms with Gasteiger partial charge in [-0.1, -0.05) is 17.3 Å². The average Bonchev–Trinajstić information content (AvgIpc) is 3.24. The van der Waals surface area contributed by atoms with E-state index in [1.807, 2.05) is 0 Å². The first-order valence-electron chi connectivity index (χ1n) is 8.42. The smallest absolute Gasteiger partial charge is 0.320 e. The third kappa shape index (κ3) is 3.83. The zero-order valence-electron chi connectivity index (χ0n) is 14.5. The molecule has 2 aromatic heterocycles. The molecule has 3 heterocycles. The Morgan fingerprint density at radius 2 is 2.15 bits per heavy atom. The van der Waals surface area contributed by atoms with E-state index in [2.05, 4.69) is 20.8 Å². The van der Waals surface area contributed by atoms with Gasteiger partial charge < -0.3 is 14.6 Å². The van der Waals surface area contributed by atoms with Crippen molar-refractivity contribution in [3.8, 4) is 11.5 Å². The summed E-state index contributed by atoms with van der Waals surface area (Å²) in [4.78, 5) is 17.7. The number of anilines is 1. The first-order valence-corrected chi connectivity index (χ1v) is 9.24. The van der Waals surface area contributed by atoms with Crippen molar-refractivity contribution < 1.29 is 18.4 Å². The zero-order chi connectivity index (χ0) is 18.8. The molecule has 0 saturated carbocycles. The number of hydrogen-bond donors (Lipinski definition) is 2. The normalized spacial score (nSPS) is 13.3. The van der Waals surface area contributed by atoms with Crippen LogP contribution >= 0.6 is 11.3 Å². The van der Waals surface area contributed by atoms with Gasteiger partial charge >= 0.3 is 6.03 Å². The molecule has 140 valence electrons. The Balaban J connectivity index is 1.53. The van der Waals surface area contributed by atoms with E-state index in [1.165, 1.54) is 23.5 Å². The molecule has 27 heavy (non-hydrogen) atoms. The van der Waals surface area contributed by atoms with E-state index in [1.54, 1.807) is 19.1 Å². The Labute approximate surface area is 158 Å². The van der Waals surface area contributed by atoms with E-state index in [0.29, 0.717) is 29.9 Å². The molecule has 4 rings (SSSR count). The number of benzene rings is 1. The fourth-order valence-corrected chi connectivity index (χ4v) is 4.05. The van der Waals surface area contributed by atoms with Crippen LogP contribution < -0.4 is 10.6 Å². The Kier molecular flexibility index (Phi) is 4.87. The standard InChI is InChI=1S/C18H17FN4O3S/c1-10-21-16(26-23-10)15-13-6-7-25-9-14(13)27-17(15)22-18(24)20-8-11-2-4-12(19)5-3-11/h2-5H,6-9H2,1H3,(H2,20,22,24). The molecule has 7 nitrogen and oxygen atoms in total. The van der Waals surface area contributed by atoms with Gasteiger partial charge in [0.1, 0.15) is 10.8 Å². The molecule has 0 bridgehead atoms. The van der Waals surface area contributed by atoms with Crippen molar-refractivity contribution in [3.05, 3.63) is 51.9 Å². The fourth-order valence-electron chi connectivity index (χ4n) is 2.88. The predicted molar refractivity (Wildman–Crippen MR) is 98.0 cm³/mol. The molecule has 3 aromatic rings. The molecule has 2 amide bonds. The number of rotatable bonds is 4. The number of aryl methyl sites for hydroxylation is 1. The molecule has 0 unspecified atom stereocenters. The molecule has 0 spiro atoms. The Morgan fingerprint density at radius 3 is 2.89 bits per heavy atom. The molecule has 2 N–H and O–H groups in total. The minimum absolute atomic E-state index is 0.287. The van der Waals surface area contributed by atoms with Gasteiger partial charge in [0.25, 0.3) is 5.89 Å². The second-order valence-corrected chi connectivity index (χ2v) is 7.20. The topological polar surface area (TPSA) is 89.3 Å². The van der Waals surface area contributed by atoms with Gasteiger partial charge in [0.05, 0.1) is 18.8 Å². The van der Waals surface area contributed by atoms with Crippen LogP contribution in [-0.2, 0) is 24.3 Å². The summed E-state index contributed by atoms with van der Waals surface area (Å²) in [6, 6.07) is 5.61. The highest BCUT2D eigenvalue weighted by atomic mass is 32.1. The molecular weight excluding hydrogens is 371 g/mol. The van der Waals surface area contributed by atoms with Crippen LogP contribution in [-0.4, -0.2) is 22.8 Å². The van der Waals surface area contributed by atoms with E-state index >= 15 is 0 Å². The average molecular weight is 388 g/mol. The minimum atomic E-state index is -0.365. The number of nitrogens with zero attached hydrogens (tertiary/aromatic N) is 2. The zero-order valence-corrected chi connectivity index (χ0v) is 15.4. The van der Waals surface area contributed by atoms with Crippen molar-refractivity contribution in [2.45, 2.75) is 26.5 Å². The monoisotopic (exact) mass is 388 g/mol. The number of carbonyl (C=O) groups excluding carboxylic acids is 1. The van der Waals surface area contributed by atoms with E-state index in [0.717, 1.165) is 28.0 Å². The van der Waals surface area contributed by atoms with Gasteiger partial charge in [-0.3, -0.25) is 5.32 Å². The second-order valence-electron chi connectivity index (χ2n) is 6.09. The molecule has 1 aromatic carbocycles. The summed E-state index contributed by atoms with van der Waals surface area (Å²) in [5.74, 6) is 0.610. The molecule has 0 saturated heterocycles. The number of halogens is 1. The van der Waals surface area contributed by atoms with Crippen LogP contribution in [0.4, 0.5) is 14.2 Å². The molecular formula is C18H17FN4O3S. The number of carbonyl (C=O) groups is 1. The summed E-state index contributed by atoms with van der Waals surface area (Å²) >= 11 is 1.44. The maximum atomic E-state index is 13.0. The molecule has 0 atom stereocenters. The van der Waals surface area contributed by atoms with Crippen molar-refractivity contribution in [1.82, 2.24) is 15.5 Å². The van der Waals surface area contributed by atoms with Crippen LogP contribution in [0.3, 0.4) is 0 Å². The van der Waals surface area contributed by atoms with Gasteiger partial charge in [-0.2, -0.15) is 4.98 Å². The van der Waals surface area contributed by atoms with Crippen LogP contribution in [0, 0.1) is 12.7 Å². The lowest BCUT2D eigenvalue weighted by atomic mass is 10.1. The molecule has 0 fully saturated rings. The number of ether oxygens (including phenoxy) is 1. The quantitative estimate of drug-likeness (QED) is 0.712. The fraction of sp³-hybridized carbons (Fsp3) is 0.278. The largest absolute Gasteiger partial charge is 0.376 e. The number of amides is 2. The lowest BCUT2D eigenvalue weighted by Gasteiger charge is -2.12. The minimum Gasteiger partial charge on any atom is -0.376 e. The number of nitrogens with one attached hydrogen (secondary N) is 2. The molecule has 1 aliphatic heterocycles. The lowest BCUT2D eigenvalue weighted by Crippen LogP contribution is -2.28.